The van der Waals surface area contributed by atoms with E-state index in [1.807, 2.05) is 36.0 Å². The molecule has 6 nitrogen and oxygen atoms in total. The van der Waals surface area contributed by atoms with E-state index in [1.54, 1.807) is 6.07 Å². The zero-order valence-corrected chi connectivity index (χ0v) is 17.9. The molecule has 1 unspecified atom stereocenters. The smallest absolute Gasteiger partial charge is 0.306 e. The van der Waals surface area contributed by atoms with E-state index in [0.717, 1.165) is 32.5 Å². The SMILES string of the molecule is COC(=O)CCC(=O)N(CCN(C)C)CC1CCCN(Cc2ccccc2F)C1. The fourth-order valence-corrected chi connectivity index (χ4v) is 3.73. The number of carbonyl (C=O) groups is 2. The second-order valence-corrected chi connectivity index (χ2v) is 8.05. The Morgan fingerprint density at radius 1 is 1.21 bits per heavy atom. The third-order valence-electron chi connectivity index (χ3n) is 5.37. The van der Waals surface area contributed by atoms with Gasteiger partial charge in [-0.05, 0) is 45.5 Å². The predicted molar refractivity (Wildman–Crippen MR) is 111 cm³/mol. The van der Waals surface area contributed by atoms with Gasteiger partial charge in [0.15, 0.2) is 0 Å². The van der Waals surface area contributed by atoms with E-state index < -0.39 is 0 Å². The summed E-state index contributed by atoms with van der Waals surface area (Å²) in [5, 5.41) is 0. The van der Waals surface area contributed by atoms with E-state index in [9.17, 15) is 14.0 Å². The van der Waals surface area contributed by atoms with Gasteiger partial charge in [-0.1, -0.05) is 18.2 Å². The molecule has 0 aliphatic carbocycles. The lowest BCUT2D eigenvalue weighted by molar-refractivity contribution is -0.143. The average Bonchev–Trinajstić information content (AvgIpc) is 2.71. The standard InChI is InChI=1S/C22H34FN3O3/c1-24(2)13-14-26(21(27)10-11-22(28)29-3)16-18-7-6-12-25(15-18)17-19-8-4-5-9-20(19)23/h4-5,8-9,18H,6-7,10-17H2,1-3H3. The Bertz CT molecular complexity index is 668. The summed E-state index contributed by atoms with van der Waals surface area (Å²) >= 11 is 0. The maximum Gasteiger partial charge on any atom is 0.306 e. The highest BCUT2D eigenvalue weighted by molar-refractivity contribution is 5.81. The van der Waals surface area contributed by atoms with Crippen molar-refractivity contribution in [3.63, 3.8) is 0 Å². The first-order valence-corrected chi connectivity index (χ1v) is 10.3. The lowest BCUT2D eigenvalue weighted by Gasteiger charge is -2.36. The van der Waals surface area contributed by atoms with Crippen LogP contribution in [-0.4, -0.2) is 80.5 Å². The minimum absolute atomic E-state index is 0.0107. The van der Waals surface area contributed by atoms with Gasteiger partial charge >= 0.3 is 5.97 Å². The molecule has 162 valence electrons. The van der Waals surface area contributed by atoms with Crippen molar-refractivity contribution in [2.45, 2.75) is 32.2 Å². The molecule has 1 aromatic rings. The van der Waals surface area contributed by atoms with Crippen molar-refractivity contribution < 1.29 is 18.7 Å². The number of methoxy groups -OCH3 is 1. The Kier molecular flexibility index (Phi) is 9.54. The largest absolute Gasteiger partial charge is 0.469 e. The van der Waals surface area contributed by atoms with E-state index >= 15 is 0 Å². The van der Waals surface area contributed by atoms with Crippen LogP contribution in [0.5, 0.6) is 0 Å². The van der Waals surface area contributed by atoms with Crippen molar-refractivity contribution in [1.29, 1.82) is 0 Å². The maximum absolute atomic E-state index is 14.0. The van der Waals surface area contributed by atoms with Crippen LogP contribution < -0.4 is 0 Å². The zero-order valence-electron chi connectivity index (χ0n) is 17.9. The van der Waals surface area contributed by atoms with Gasteiger partial charge in [-0.3, -0.25) is 14.5 Å². The van der Waals surface area contributed by atoms with E-state index in [2.05, 4.69) is 9.64 Å². The molecule has 7 heteroatoms. The molecule has 1 atom stereocenters. The number of nitrogens with zero attached hydrogens (tertiary/aromatic N) is 3. The summed E-state index contributed by atoms with van der Waals surface area (Å²) < 4.78 is 18.6. The summed E-state index contributed by atoms with van der Waals surface area (Å²) in [7, 11) is 5.30. The molecule has 1 aromatic carbocycles. The summed E-state index contributed by atoms with van der Waals surface area (Å²) in [4.78, 5) is 30.3. The lowest BCUT2D eigenvalue weighted by atomic mass is 9.96. The molecular weight excluding hydrogens is 373 g/mol. The number of ether oxygens (including phenoxy) is 1. The highest BCUT2D eigenvalue weighted by Crippen LogP contribution is 2.21. The number of esters is 1. The van der Waals surface area contributed by atoms with Crippen molar-refractivity contribution in [2.75, 3.05) is 53.9 Å². The van der Waals surface area contributed by atoms with Gasteiger partial charge < -0.3 is 14.5 Å². The molecule has 0 aromatic heterocycles. The Morgan fingerprint density at radius 3 is 2.66 bits per heavy atom. The molecule has 1 aliphatic heterocycles. The van der Waals surface area contributed by atoms with Crippen LogP contribution in [-0.2, 0) is 20.9 Å². The van der Waals surface area contributed by atoms with Gasteiger partial charge in [0, 0.05) is 44.7 Å². The monoisotopic (exact) mass is 407 g/mol. The molecule has 2 rings (SSSR count). The van der Waals surface area contributed by atoms with Crippen molar-refractivity contribution in [1.82, 2.24) is 14.7 Å². The van der Waals surface area contributed by atoms with Crippen molar-refractivity contribution in [2.24, 2.45) is 5.92 Å². The summed E-state index contributed by atoms with van der Waals surface area (Å²) in [6.45, 7) is 4.46. The van der Waals surface area contributed by atoms with Crippen LogP contribution in [0.25, 0.3) is 0 Å². The van der Waals surface area contributed by atoms with Crippen molar-refractivity contribution in [3.8, 4) is 0 Å². The van der Waals surface area contributed by atoms with Gasteiger partial charge in [0.05, 0.1) is 13.5 Å². The normalized spacial score (nSPS) is 17.3. The summed E-state index contributed by atoms with van der Waals surface area (Å²) in [5.74, 6) is -0.192. The van der Waals surface area contributed by atoms with Gasteiger partial charge in [0.1, 0.15) is 5.82 Å². The number of piperidine rings is 1. The van der Waals surface area contributed by atoms with Gasteiger partial charge in [-0.15, -0.1) is 0 Å². The Morgan fingerprint density at radius 2 is 1.97 bits per heavy atom. The third kappa shape index (κ3) is 8.11. The first kappa shape index (κ1) is 23.3. The molecule has 0 saturated carbocycles. The van der Waals surface area contributed by atoms with E-state index in [0.29, 0.717) is 31.1 Å². The lowest BCUT2D eigenvalue weighted by Crippen LogP contribution is -2.44. The molecule has 1 heterocycles. The third-order valence-corrected chi connectivity index (χ3v) is 5.37. The van der Waals surface area contributed by atoms with Crippen LogP contribution in [0.15, 0.2) is 24.3 Å². The minimum Gasteiger partial charge on any atom is -0.469 e. The van der Waals surface area contributed by atoms with Crippen LogP contribution in [0.1, 0.15) is 31.2 Å². The number of benzene rings is 1. The molecule has 0 spiro atoms. The fraction of sp³-hybridized carbons (Fsp3) is 0.636. The first-order valence-electron chi connectivity index (χ1n) is 10.3. The number of rotatable bonds is 10. The summed E-state index contributed by atoms with van der Waals surface area (Å²) in [6.07, 6.45) is 2.37. The fourth-order valence-electron chi connectivity index (χ4n) is 3.73. The molecule has 1 aliphatic rings. The Balaban J connectivity index is 1.94. The van der Waals surface area contributed by atoms with Gasteiger partial charge in [-0.2, -0.15) is 0 Å². The number of carbonyl (C=O) groups excluding carboxylic acids is 2. The molecule has 0 bridgehead atoms. The second-order valence-electron chi connectivity index (χ2n) is 8.05. The molecule has 1 saturated heterocycles. The van der Waals surface area contributed by atoms with E-state index in [-0.39, 0.29) is 30.5 Å². The number of hydrogen-bond acceptors (Lipinski definition) is 5. The van der Waals surface area contributed by atoms with Crippen LogP contribution >= 0.6 is 0 Å². The quantitative estimate of drug-likeness (QED) is 0.558. The number of hydrogen-bond donors (Lipinski definition) is 0. The van der Waals surface area contributed by atoms with Crippen molar-refractivity contribution >= 4 is 11.9 Å². The van der Waals surface area contributed by atoms with Crippen LogP contribution in [0.4, 0.5) is 4.39 Å². The van der Waals surface area contributed by atoms with Crippen LogP contribution in [0, 0.1) is 11.7 Å². The summed E-state index contributed by atoms with van der Waals surface area (Å²) in [6, 6.07) is 6.90. The van der Waals surface area contributed by atoms with Crippen LogP contribution in [0.3, 0.4) is 0 Å². The molecular formula is C22H34FN3O3. The number of halogens is 1. The molecule has 1 amide bonds. The Labute approximate surface area is 173 Å². The first-order chi connectivity index (χ1) is 13.9. The highest BCUT2D eigenvalue weighted by atomic mass is 19.1. The highest BCUT2D eigenvalue weighted by Gasteiger charge is 2.25. The van der Waals surface area contributed by atoms with Crippen LogP contribution in [0.2, 0.25) is 0 Å². The minimum atomic E-state index is -0.361. The number of likely N-dealkylation sites (tertiary alicyclic amines) is 1. The second kappa shape index (κ2) is 11.9. The maximum atomic E-state index is 14.0. The zero-order chi connectivity index (χ0) is 21.2. The number of amides is 1. The predicted octanol–water partition coefficient (Wildman–Crippen LogP) is 2.38. The molecule has 0 N–H and O–H groups in total. The van der Waals surface area contributed by atoms with E-state index in [4.69, 9.17) is 0 Å². The topological polar surface area (TPSA) is 53.1 Å². The summed E-state index contributed by atoms with van der Waals surface area (Å²) in [5.41, 5.74) is 0.715. The van der Waals surface area contributed by atoms with Gasteiger partial charge in [0.25, 0.3) is 0 Å². The molecule has 29 heavy (non-hydrogen) atoms. The Hall–Kier alpha value is -1.99. The average molecular weight is 408 g/mol. The van der Waals surface area contributed by atoms with Crippen molar-refractivity contribution in [3.05, 3.63) is 35.6 Å². The molecule has 1 fully saturated rings. The van der Waals surface area contributed by atoms with Gasteiger partial charge in [0.2, 0.25) is 5.91 Å². The molecule has 0 radical (unpaired) electrons. The number of likely N-dealkylation sites (N-methyl/N-ethyl adjacent to an activating group) is 1. The van der Waals surface area contributed by atoms with E-state index in [1.165, 1.54) is 13.2 Å². The van der Waals surface area contributed by atoms with Gasteiger partial charge in [-0.25, -0.2) is 4.39 Å².